The summed E-state index contributed by atoms with van der Waals surface area (Å²) in [6.07, 6.45) is 4.02. The number of nitrogens with zero attached hydrogens (tertiary/aromatic N) is 3. The Hall–Kier alpha value is -3.48. The summed E-state index contributed by atoms with van der Waals surface area (Å²) in [7, 11) is 0. The minimum absolute atomic E-state index is 0.151. The van der Waals surface area contributed by atoms with E-state index in [0.717, 1.165) is 22.0 Å². The van der Waals surface area contributed by atoms with Crippen LogP contribution in [0.3, 0.4) is 0 Å². The van der Waals surface area contributed by atoms with Gasteiger partial charge in [-0.1, -0.05) is 65.1 Å². The van der Waals surface area contributed by atoms with Crippen molar-refractivity contribution in [1.82, 2.24) is 4.57 Å². The maximum absolute atomic E-state index is 13.8. The molecule has 2 heterocycles. The van der Waals surface area contributed by atoms with Crippen LogP contribution in [-0.4, -0.2) is 15.6 Å². The third-order valence-electron chi connectivity index (χ3n) is 6.29. The summed E-state index contributed by atoms with van der Waals surface area (Å²) in [5.74, 6) is -0.151. The monoisotopic (exact) mass is 587 g/mol. The van der Waals surface area contributed by atoms with E-state index in [1.54, 1.807) is 29.2 Å². The Morgan fingerprint density at radius 1 is 0.795 bits per heavy atom. The summed E-state index contributed by atoms with van der Waals surface area (Å²) in [5.41, 5.74) is 4.51. The summed E-state index contributed by atoms with van der Waals surface area (Å²) in [6, 6.07) is 30.4. The molecule has 192 valence electrons. The van der Waals surface area contributed by atoms with Gasteiger partial charge in [-0.2, -0.15) is 0 Å². The Morgan fingerprint density at radius 2 is 1.51 bits per heavy atom. The average molecular weight is 589 g/mol. The summed E-state index contributed by atoms with van der Waals surface area (Å²) in [4.78, 5) is 20.8. The van der Waals surface area contributed by atoms with E-state index in [1.807, 2.05) is 60.7 Å². The predicted octanol–water partition coefficient (Wildman–Crippen LogP) is 9.46. The van der Waals surface area contributed by atoms with Crippen LogP contribution in [0, 0.1) is 0 Å². The van der Waals surface area contributed by atoms with Crippen LogP contribution in [0.1, 0.15) is 11.1 Å². The molecule has 0 atom stereocenters. The molecule has 6 rings (SSSR count). The number of rotatable bonds is 5. The van der Waals surface area contributed by atoms with E-state index in [-0.39, 0.29) is 5.91 Å². The zero-order valence-corrected chi connectivity index (χ0v) is 23.5. The molecular formula is C31H20Cl3N3OS. The van der Waals surface area contributed by atoms with Crippen LogP contribution in [0.15, 0.2) is 113 Å². The fourth-order valence-corrected chi connectivity index (χ4v) is 5.94. The van der Waals surface area contributed by atoms with Gasteiger partial charge in [0, 0.05) is 44.3 Å². The van der Waals surface area contributed by atoms with Crippen molar-refractivity contribution in [2.75, 3.05) is 4.90 Å². The van der Waals surface area contributed by atoms with Gasteiger partial charge in [0.15, 0.2) is 5.17 Å². The van der Waals surface area contributed by atoms with Gasteiger partial charge >= 0.3 is 0 Å². The van der Waals surface area contributed by atoms with E-state index < -0.39 is 0 Å². The van der Waals surface area contributed by atoms with E-state index in [9.17, 15) is 4.79 Å². The zero-order chi connectivity index (χ0) is 26.9. The highest BCUT2D eigenvalue weighted by Gasteiger charge is 2.35. The molecule has 0 N–H and O–H groups in total. The first-order valence-corrected chi connectivity index (χ1v) is 14.1. The highest BCUT2D eigenvalue weighted by Crippen LogP contribution is 2.39. The molecule has 1 aliphatic rings. The van der Waals surface area contributed by atoms with Crippen LogP contribution >= 0.6 is 46.6 Å². The Morgan fingerprint density at radius 3 is 2.26 bits per heavy atom. The lowest BCUT2D eigenvalue weighted by atomic mass is 10.1. The van der Waals surface area contributed by atoms with Crippen molar-refractivity contribution in [3.8, 4) is 0 Å². The predicted molar refractivity (Wildman–Crippen MR) is 166 cm³/mol. The first-order chi connectivity index (χ1) is 18.9. The molecule has 5 aromatic rings. The number of carbonyl (C=O) groups excluding carboxylic acids is 1. The van der Waals surface area contributed by atoms with Gasteiger partial charge in [-0.25, -0.2) is 4.99 Å². The van der Waals surface area contributed by atoms with E-state index in [1.165, 1.54) is 11.8 Å². The lowest BCUT2D eigenvalue weighted by Gasteiger charge is -2.15. The number of para-hydroxylation sites is 1. The molecule has 0 radical (unpaired) electrons. The van der Waals surface area contributed by atoms with Gasteiger partial charge in [-0.15, -0.1) is 0 Å². The van der Waals surface area contributed by atoms with Crippen molar-refractivity contribution >= 4 is 86.0 Å². The zero-order valence-electron chi connectivity index (χ0n) is 20.4. The standard InChI is InChI=1S/C31H20Cl3N3OS/c32-22-8-12-25(13-9-22)35-31-37(26-14-10-23(33)11-15-26)30(38)29(39-31)17-21-19-36(28-7-2-1-6-27(21)28)18-20-4-3-5-24(34)16-20/h1-17,19H,18H2/b29-17-,35-31?. The molecule has 4 aromatic carbocycles. The minimum atomic E-state index is -0.151. The van der Waals surface area contributed by atoms with Crippen molar-refractivity contribution < 1.29 is 4.79 Å². The van der Waals surface area contributed by atoms with Crippen molar-refractivity contribution in [1.29, 1.82) is 0 Å². The number of hydrogen-bond donors (Lipinski definition) is 0. The first kappa shape index (κ1) is 25.8. The Labute approximate surface area is 245 Å². The minimum Gasteiger partial charge on any atom is -0.342 e. The number of anilines is 1. The number of hydrogen-bond acceptors (Lipinski definition) is 3. The summed E-state index contributed by atoms with van der Waals surface area (Å²) >= 11 is 19.8. The van der Waals surface area contributed by atoms with Gasteiger partial charge < -0.3 is 4.57 Å². The van der Waals surface area contributed by atoms with Crippen molar-refractivity contribution in [2.45, 2.75) is 6.54 Å². The third-order valence-corrected chi connectivity index (χ3v) is 8.00. The normalized spacial score (nSPS) is 15.7. The van der Waals surface area contributed by atoms with Gasteiger partial charge in [0.1, 0.15) is 0 Å². The summed E-state index contributed by atoms with van der Waals surface area (Å²) in [6.45, 7) is 0.658. The van der Waals surface area contributed by atoms with Crippen LogP contribution in [0.4, 0.5) is 11.4 Å². The van der Waals surface area contributed by atoms with Crippen LogP contribution in [0.5, 0.6) is 0 Å². The van der Waals surface area contributed by atoms with Crippen molar-refractivity contribution in [3.63, 3.8) is 0 Å². The van der Waals surface area contributed by atoms with E-state index in [4.69, 9.17) is 39.8 Å². The van der Waals surface area contributed by atoms with Gasteiger partial charge in [-0.05, 0) is 90.1 Å². The number of aliphatic imine (C=N–C) groups is 1. The second-order valence-electron chi connectivity index (χ2n) is 8.96. The summed E-state index contributed by atoms with van der Waals surface area (Å²) in [5, 5.41) is 3.53. The molecule has 39 heavy (non-hydrogen) atoms. The Kier molecular flexibility index (Phi) is 7.24. The fourth-order valence-electron chi connectivity index (χ4n) is 4.49. The van der Waals surface area contributed by atoms with Crippen LogP contribution in [-0.2, 0) is 11.3 Å². The number of carbonyl (C=O) groups is 1. The lowest BCUT2D eigenvalue weighted by Crippen LogP contribution is -2.28. The number of amides is 1. The molecule has 8 heteroatoms. The number of aromatic nitrogens is 1. The molecule has 0 aliphatic carbocycles. The highest BCUT2D eigenvalue weighted by atomic mass is 35.5. The molecule has 4 nitrogen and oxygen atoms in total. The van der Waals surface area contributed by atoms with Gasteiger partial charge in [0.25, 0.3) is 5.91 Å². The van der Waals surface area contributed by atoms with E-state index >= 15 is 0 Å². The van der Waals surface area contributed by atoms with Gasteiger partial charge in [0.2, 0.25) is 0 Å². The molecule has 1 aromatic heterocycles. The van der Waals surface area contributed by atoms with Crippen molar-refractivity contribution in [2.24, 2.45) is 4.99 Å². The third kappa shape index (κ3) is 5.49. The summed E-state index contributed by atoms with van der Waals surface area (Å²) < 4.78 is 2.18. The smallest absolute Gasteiger partial charge is 0.271 e. The van der Waals surface area contributed by atoms with Gasteiger partial charge in [-0.3, -0.25) is 9.69 Å². The second kappa shape index (κ2) is 10.9. The molecule has 1 aliphatic heterocycles. The number of amidine groups is 1. The maximum Gasteiger partial charge on any atom is 0.271 e. The number of halogens is 3. The molecule has 1 fully saturated rings. The van der Waals surface area contributed by atoms with E-state index in [2.05, 4.69) is 29.0 Å². The number of fused-ring (bicyclic) bond motifs is 1. The Balaban J connectivity index is 1.42. The molecule has 1 saturated heterocycles. The molecule has 0 unspecified atom stereocenters. The fraction of sp³-hybridized carbons (Fsp3) is 0.0323. The van der Waals surface area contributed by atoms with Crippen LogP contribution in [0.2, 0.25) is 15.1 Å². The largest absolute Gasteiger partial charge is 0.342 e. The quantitative estimate of drug-likeness (QED) is 0.192. The van der Waals surface area contributed by atoms with Gasteiger partial charge in [0.05, 0.1) is 16.3 Å². The maximum atomic E-state index is 13.8. The molecule has 0 bridgehead atoms. The lowest BCUT2D eigenvalue weighted by molar-refractivity contribution is -0.113. The molecular weight excluding hydrogens is 569 g/mol. The average Bonchev–Trinajstić information content (AvgIpc) is 3.43. The highest BCUT2D eigenvalue weighted by molar-refractivity contribution is 8.19. The SMILES string of the molecule is O=C1/C(=C/c2cn(Cc3cccc(Cl)c3)c3ccccc23)SC(=Nc2ccc(Cl)cc2)N1c1ccc(Cl)cc1. The van der Waals surface area contributed by atoms with Crippen LogP contribution in [0.25, 0.3) is 17.0 Å². The van der Waals surface area contributed by atoms with E-state index in [0.29, 0.717) is 43.1 Å². The molecule has 0 spiro atoms. The van der Waals surface area contributed by atoms with Crippen molar-refractivity contribution in [3.05, 3.63) is 134 Å². The number of benzene rings is 4. The van der Waals surface area contributed by atoms with Crippen LogP contribution < -0.4 is 4.90 Å². The second-order valence-corrected chi connectivity index (χ2v) is 11.3. The first-order valence-electron chi connectivity index (χ1n) is 12.1. The topological polar surface area (TPSA) is 37.6 Å². The Bertz CT molecular complexity index is 1760. The number of thioether (sulfide) groups is 1. The molecule has 0 saturated carbocycles. The molecule has 1 amide bonds.